The van der Waals surface area contributed by atoms with Crippen molar-refractivity contribution >= 4 is 28.6 Å². The number of hydrogen-bond acceptors (Lipinski definition) is 3. The van der Waals surface area contributed by atoms with Gasteiger partial charge in [0, 0.05) is 0 Å². The molecule has 0 bridgehead atoms. The van der Waals surface area contributed by atoms with Gasteiger partial charge in [-0.2, -0.15) is 0 Å². The van der Waals surface area contributed by atoms with Crippen LogP contribution in [0, 0.1) is 3.57 Å². The van der Waals surface area contributed by atoms with Crippen LogP contribution in [0.1, 0.15) is 24.6 Å². The topological polar surface area (TPSA) is 59.2 Å². The zero-order valence-electron chi connectivity index (χ0n) is 8.93. The van der Waals surface area contributed by atoms with Crippen molar-refractivity contribution < 1.29 is 18.3 Å². The third kappa shape index (κ3) is 3.76. The molecular weight excluding hydrogens is 347 g/mol. The summed E-state index contributed by atoms with van der Waals surface area (Å²) in [5, 5.41) is 0. The Kier molecular flexibility index (Phi) is 5.03. The van der Waals surface area contributed by atoms with Crippen LogP contribution in [-0.4, -0.2) is 17.6 Å². The first-order valence-corrected chi connectivity index (χ1v) is 5.89. The number of carbonyl (C=O) groups excluding carboxylic acids is 1. The number of rotatable bonds is 4. The fraction of sp³-hybridized carbons (Fsp3) is 0.400. The molecule has 0 unspecified atom stereocenters. The van der Waals surface area contributed by atoms with Gasteiger partial charge in [-0.05, 0) is 41.1 Å². The summed E-state index contributed by atoms with van der Waals surface area (Å²) in [6.45, 7) is 1.85. The van der Waals surface area contributed by atoms with Gasteiger partial charge in [-0.3, -0.25) is 9.59 Å². The fourth-order valence-electron chi connectivity index (χ4n) is 1.23. The van der Waals surface area contributed by atoms with Gasteiger partial charge in [0.25, 0.3) is 12.0 Å². The Hall–Kier alpha value is -0.990. The molecule has 0 aromatic carbocycles. The zero-order valence-corrected chi connectivity index (χ0v) is 11.1. The zero-order chi connectivity index (χ0) is 13.0. The summed E-state index contributed by atoms with van der Waals surface area (Å²) in [5.41, 5.74) is -0.861. The van der Waals surface area contributed by atoms with Crippen LogP contribution in [-0.2, 0) is 16.0 Å². The van der Waals surface area contributed by atoms with Gasteiger partial charge in [-0.25, -0.2) is 8.78 Å². The highest BCUT2D eigenvalue weighted by Crippen LogP contribution is 2.18. The van der Waals surface area contributed by atoms with Crippen LogP contribution >= 0.6 is 22.6 Å². The lowest BCUT2D eigenvalue weighted by molar-refractivity contribution is -0.142. The quantitative estimate of drug-likeness (QED) is 0.663. The number of H-pyrrole nitrogens is 1. The second-order valence-electron chi connectivity index (χ2n) is 3.18. The number of hydrogen-bond donors (Lipinski definition) is 1. The van der Waals surface area contributed by atoms with Gasteiger partial charge in [-0.15, -0.1) is 0 Å². The lowest BCUT2D eigenvalue weighted by Gasteiger charge is -2.06. The van der Waals surface area contributed by atoms with Crippen molar-refractivity contribution in [2.45, 2.75) is 19.8 Å². The van der Waals surface area contributed by atoms with Crippen molar-refractivity contribution in [1.29, 1.82) is 0 Å². The van der Waals surface area contributed by atoms with Gasteiger partial charge >= 0.3 is 5.97 Å². The van der Waals surface area contributed by atoms with E-state index in [4.69, 9.17) is 4.74 Å². The highest BCUT2D eigenvalue weighted by atomic mass is 127. The predicted molar refractivity (Wildman–Crippen MR) is 65.1 cm³/mol. The van der Waals surface area contributed by atoms with E-state index in [1.54, 1.807) is 29.5 Å². The van der Waals surface area contributed by atoms with Crippen LogP contribution in [0.3, 0.4) is 0 Å². The minimum atomic E-state index is -2.78. The van der Waals surface area contributed by atoms with Gasteiger partial charge in [0.1, 0.15) is 0 Å². The molecule has 1 N–H and O–H groups in total. The summed E-state index contributed by atoms with van der Waals surface area (Å²) in [7, 11) is 0. The molecule has 7 heteroatoms. The van der Waals surface area contributed by atoms with E-state index in [1.807, 2.05) is 0 Å². The number of aromatic nitrogens is 1. The maximum atomic E-state index is 12.5. The van der Waals surface area contributed by atoms with Crippen molar-refractivity contribution in [3.05, 3.63) is 31.2 Å². The largest absolute Gasteiger partial charge is 0.466 e. The van der Waals surface area contributed by atoms with Crippen LogP contribution in [0.4, 0.5) is 8.78 Å². The van der Waals surface area contributed by atoms with Crippen LogP contribution in [0.25, 0.3) is 0 Å². The number of esters is 1. The molecule has 0 saturated carbocycles. The average molecular weight is 357 g/mol. The Morgan fingerprint density at radius 1 is 1.59 bits per heavy atom. The third-order valence-corrected chi connectivity index (χ3v) is 3.13. The lowest BCUT2D eigenvalue weighted by atomic mass is 10.1. The molecular formula is C10H10F2INO3. The maximum Gasteiger partial charge on any atom is 0.310 e. The molecule has 0 amide bonds. The molecule has 0 saturated heterocycles. The van der Waals surface area contributed by atoms with E-state index in [0.717, 1.165) is 6.07 Å². The van der Waals surface area contributed by atoms with E-state index in [0.29, 0.717) is 0 Å². The Bertz CT molecular complexity index is 473. The number of nitrogens with one attached hydrogen (secondary N) is 1. The summed E-state index contributed by atoms with van der Waals surface area (Å²) in [6, 6.07) is 1.12. The lowest BCUT2D eigenvalue weighted by Crippen LogP contribution is -2.18. The first-order valence-electron chi connectivity index (χ1n) is 4.81. The molecule has 0 aliphatic rings. The fourth-order valence-corrected chi connectivity index (χ4v) is 1.71. The molecule has 1 rings (SSSR count). The Labute approximate surface area is 110 Å². The Morgan fingerprint density at radius 3 is 2.76 bits per heavy atom. The molecule has 4 nitrogen and oxygen atoms in total. The number of alkyl halides is 2. The number of halogens is 3. The summed E-state index contributed by atoms with van der Waals surface area (Å²) >= 11 is 1.71. The van der Waals surface area contributed by atoms with Crippen molar-refractivity contribution in [2.75, 3.05) is 6.61 Å². The predicted octanol–water partition coefficient (Wildman–Crippen LogP) is 2.02. The molecule has 94 valence electrons. The van der Waals surface area contributed by atoms with E-state index in [-0.39, 0.29) is 22.2 Å². The molecule has 1 aromatic rings. The molecule has 0 atom stereocenters. The number of ether oxygens (including phenoxy) is 1. The third-order valence-electron chi connectivity index (χ3n) is 1.94. The van der Waals surface area contributed by atoms with Crippen molar-refractivity contribution in [3.63, 3.8) is 0 Å². The van der Waals surface area contributed by atoms with E-state index in [9.17, 15) is 18.4 Å². The summed E-state index contributed by atoms with van der Waals surface area (Å²) in [6.07, 6.45) is -2.96. The molecule has 1 heterocycles. The molecule has 17 heavy (non-hydrogen) atoms. The maximum absolute atomic E-state index is 12.5. The molecule has 0 aliphatic heterocycles. The van der Waals surface area contributed by atoms with Gasteiger partial charge in [0.2, 0.25) is 0 Å². The Morgan fingerprint density at radius 2 is 2.24 bits per heavy atom. The number of aromatic amines is 1. The van der Waals surface area contributed by atoms with E-state index >= 15 is 0 Å². The van der Waals surface area contributed by atoms with E-state index in [1.165, 1.54) is 0 Å². The SMILES string of the molecule is CCOC(=O)Cc1cc(C(F)F)[nH]c(=O)c1I. The van der Waals surface area contributed by atoms with E-state index < -0.39 is 23.6 Å². The van der Waals surface area contributed by atoms with Gasteiger partial charge in [0.05, 0.1) is 22.3 Å². The summed E-state index contributed by atoms with van der Waals surface area (Å²) in [5.74, 6) is -0.545. The van der Waals surface area contributed by atoms with Gasteiger partial charge < -0.3 is 9.72 Å². The first-order chi connectivity index (χ1) is 7.95. The van der Waals surface area contributed by atoms with Crippen LogP contribution in [0.2, 0.25) is 0 Å². The number of carbonyl (C=O) groups is 1. The standard InChI is InChI=1S/C10H10F2INO3/c1-2-17-7(15)4-5-3-6(9(11)12)14-10(16)8(5)13/h3,9H,2,4H2,1H3,(H,14,16). The second-order valence-corrected chi connectivity index (χ2v) is 4.25. The summed E-state index contributed by atoms with van der Waals surface area (Å²) in [4.78, 5) is 24.6. The summed E-state index contributed by atoms with van der Waals surface area (Å²) < 4.78 is 29.8. The van der Waals surface area contributed by atoms with Crippen molar-refractivity contribution in [1.82, 2.24) is 4.98 Å². The van der Waals surface area contributed by atoms with Gasteiger partial charge in [0.15, 0.2) is 0 Å². The minimum absolute atomic E-state index is 0.185. The highest BCUT2D eigenvalue weighted by Gasteiger charge is 2.15. The van der Waals surface area contributed by atoms with Crippen LogP contribution in [0.15, 0.2) is 10.9 Å². The van der Waals surface area contributed by atoms with Crippen molar-refractivity contribution in [2.24, 2.45) is 0 Å². The highest BCUT2D eigenvalue weighted by molar-refractivity contribution is 14.1. The smallest absolute Gasteiger partial charge is 0.310 e. The Balaban J connectivity index is 3.06. The van der Waals surface area contributed by atoms with E-state index in [2.05, 4.69) is 4.98 Å². The average Bonchev–Trinajstić information content (AvgIpc) is 2.24. The second kappa shape index (κ2) is 6.08. The van der Waals surface area contributed by atoms with Gasteiger partial charge in [-0.1, -0.05) is 0 Å². The number of pyridine rings is 1. The molecule has 0 aliphatic carbocycles. The molecule has 1 aromatic heterocycles. The van der Waals surface area contributed by atoms with Crippen LogP contribution in [0.5, 0.6) is 0 Å². The van der Waals surface area contributed by atoms with Crippen molar-refractivity contribution in [3.8, 4) is 0 Å². The first kappa shape index (κ1) is 14.1. The molecule has 0 radical (unpaired) electrons. The molecule has 0 fully saturated rings. The van der Waals surface area contributed by atoms with Crippen LogP contribution < -0.4 is 5.56 Å². The molecule has 0 spiro atoms. The monoisotopic (exact) mass is 357 g/mol. The minimum Gasteiger partial charge on any atom is -0.466 e. The normalized spacial score (nSPS) is 10.6.